The van der Waals surface area contributed by atoms with Gasteiger partial charge in [0.1, 0.15) is 0 Å². The first-order chi connectivity index (χ1) is 15.4. The van der Waals surface area contributed by atoms with E-state index in [9.17, 15) is 0 Å². The Bertz CT molecular complexity index is 1360. The molecule has 0 saturated carbocycles. The van der Waals surface area contributed by atoms with Gasteiger partial charge in [-0.05, 0) is 0 Å². The quantitative estimate of drug-likeness (QED) is 0.339. The molecule has 3 heterocycles. The summed E-state index contributed by atoms with van der Waals surface area (Å²) in [4.78, 5) is 14.4. The maximum absolute atomic E-state index is 4.81. The van der Waals surface area contributed by atoms with Crippen LogP contribution < -0.4 is 10.8 Å². The van der Waals surface area contributed by atoms with Gasteiger partial charge in [0.2, 0.25) is 0 Å². The van der Waals surface area contributed by atoms with Gasteiger partial charge in [0.15, 0.2) is 0 Å². The Balaban J connectivity index is 1.75. The summed E-state index contributed by atoms with van der Waals surface area (Å²) in [6, 6.07) is 32.1. The van der Waals surface area contributed by atoms with Crippen LogP contribution in [0.1, 0.15) is 0 Å². The zero-order chi connectivity index (χ0) is 20.6. The van der Waals surface area contributed by atoms with Gasteiger partial charge in [-0.3, -0.25) is 0 Å². The molecule has 0 fully saturated rings. The average molecular weight is 512 g/mol. The van der Waals surface area contributed by atoms with Gasteiger partial charge in [0.25, 0.3) is 0 Å². The summed E-state index contributed by atoms with van der Waals surface area (Å²) in [5, 5.41) is 3.52. The van der Waals surface area contributed by atoms with E-state index in [0.717, 1.165) is 16.6 Å². The fourth-order valence-electron chi connectivity index (χ4n) is 4.08. The van der Waals surface area contributed by atoms with Crippen molar-refractivity contribution in [1.29, 1.82) is 0 Å². The molecule has 31 heavy (non-hydrogen) atoms. The molecule has 0 aliphatic rings. The Kier molecular flexibility index (Phi) is 4.61. The number of benzene rings is 3. The molecule has 0 amide bonds. The fraction of sp³-hybridized carbons (Fsp3) is 0. The Morgan fingerprint density at radius 2 is 0.710 bits per heavy atom. The molecule has 146 valence electrons. The van der Waals surface area contributed by atoms with Gasteiger partial charge in [0.05, 0.1) is 0 Å². The molecular weight excluding hydrogens is 494 g/mol. The Labute approximate surface area is 187 Å². The van der Waals surface area contributed by atoms with Crippen molar-refractivity contribution in [2.24, 2.45) is 0 Å². The molecule has 0 atom stereocenters. The van der Waals surface area contributed by atoms with Crippen molar-refractivity contribution >= 4 is 63.1 Å². The van der Waals surface area contributed by atoms with E-state index in [1.807, 2.05) is 36.8 Å². The molecule has 0 unspecified atom stereocenters. The van der Waals surface area contributed by atoms with Crippen molar-refractivity contribution in [1.82, 2.24) is 15.0 Å². The number of fused-ring (bicyclic) bond motifs is 3. The normalized spacial score (nSPS) is 11.5. The molecule has 0 aliphatic carbocycles. The molecule has 4 heteroatoms. The summed E-state index contributed by atoms with van der Waals surface area (Å²) in [7, 11) is 0. The van der Waals surface area contributed by atoms with Gasteiger partial charge in [-0.1, -0.05) is 0 Å². The van der Waals surface area contributed by atoms with Crippen LogP contribution in [-0.4, -0.2) is 34.5 Å². The second kappa shape index (κ2) is 7.74. The Morgan fingerprint density at radius 1 is 0.387 bits per heavy atom. The number of hydrogen-bond donors (Lipinski definition) is 0. The van der Waals surface area contributed by atoms with Gasteiger partial charge in [-0.25, -0.2) is 0 Å². The first kappa shape index (κ1) is 18.4. The van der Waals surface area contributed by atoms with Crippen LogP contribution in [0.3, 0.4) is 0 Å². The zero-order valence-corrected chi connectivity index (χ0v) is 19.0. The van der Waals surface area contributed by atoms with Gasteiger partial charge >= 0.3 is 188 Å². The van der Waals surface area contributed by atoms with Crippen molar-refractivity contribution < 1.29 is 0 Å². The van der Waals surface area contributed by atoms with Crippen molar-refractivity contribution in [2.75, 3.05) is 0 Å². The predicted molar refractivity (Wildman–Crippen MR) is 130 cm³/mol. The monoisotopic (exact) mass is 514 g/mol. The average Bonchev–Trinajstić information content (AvgIpc) is 2.85. The fourth-order valence-corrected chi connectivity index (χ4v) is 11.1. The van der Waals surface area contributed by atoms with E-state index in [4.69, 9.17) is 15.0 Å². The zero-order valence-electron chi connectivity index (χ0n) is 16.6. The minimum absolute atomic E-state index is 1.09. The summed E-state index contributed by atoms with van der Waals surface area (Å²) < 4.78 is 3.99. The molecule has 3 nitrogen and oxygen atoms in total. The summed E-state index contributed by atoms with van der Waals surface area (Å²) >= 11 is -2.37. The molecular formula is C27H18N3Te+. The Hall–Kier alpha value is -3.32. The van der Waals surface area contributed by atoms with Crippen LogP contribution >= 0.6 is 0 Å². The first-order valence-electron chi connectivity index (χ1n) is 10.2. The number of nitrogens with zero attached hydrogens (tertiary/aromatic N) is 3. The molecule has 0 radical (unpaired) electrons. The van der Waals surface area contributed by atoms with E-state index in [-0.39, 0.29) is 0 Å². The van der Waals surface area contributed by atoms with E-state index in [2.05, 4.69) is 72.8 Å². The van der Waals surface area contributed by atoms with Crippen molar-refractivity contribution in [2.45, 2.75) is 0 Å². The van der Waals surface area contributed by atoms with Crippen LogP contribution in [0.2, 0.25) is 0 Å². The molecule has 0 N–H and O–H groups in total. The van der Waals surface area contributed by atoms with Gasteiger partial charge in [-0.2, -0.15) is 0 Å². The third-order valence-electron chi connectivity index (χ3n) is 5.45. The Morgan fingerprint density at radius 3 is 1.06 bits per heavy atom. The number of rotatable bonds is 3. The molecule has 0 aliphatic heterocycles. The molecule has 3 aromatic heterocycles. The van der Waals surface area contributed by atoms with Crippen LogP contribution in [0.5, 0.6) is 0 Å². The summed E-state index contributed by atoms with van der Waals surface area (Å²) in [6.07, 6.45) is 5.68. The maximum atomic E-state index is 4.81. The second-order valence-electron chi connectivity index (χ2n) is 7.30. The van der Waals surface area contributed by atoms with Gasteiger partial charge < -0.3 is 0 Å². The minimum atomic E-state index is -2.37. The van der Waals surface area contributed by atoms with E-state index in [1.165, 1.54) is 27.0 Å². The number of aromatic nitrogens is 3. The predicted octanol–water partition coefficient (Wildman–Crippen LogP) is 3.85. The van der Waals surface area contributed by atoms with Crippen LogP contribution in [-0.2, 0) is 0 Å². The van der Waals surface area contributed by atoms with E-state index < -0.39 is 19.6 Å². The topological polar surface area (TPSA) is 38.7 Å². The molecule has 0 spiro atoms. The SMILES string of the molecule is c1cnc2c([Te+](c3cccc4cccnc34)c3cccc4cccnc34)cccc2c1. The molecule has 6 rings (SSSR count). The molecule has 3 aromatic carbocycles. The summed E-state index contributed by atoms with van der Waals surface area (Å²) in [6.45, 7) is 0. The third kappa shape index (κ3) is 3.16. The van der Waals surface area contributed by atoms with E-state index >= 15 is 0 Å². The van der Waals surface area contributed by atoms with Crippen LogP contribution in [0.25, 0.3) is 32.7 Å². The molecule has 0 saturated heterocycles. The van der Waals surface area contributed by atoms with Crippen LogP contribution in [0.15, 0.2) is 110 Å². The number of pyridine rings is 3. The summed E-state index contributed by atoms with van der Waals surface area (Å²) in [5.41, 5.74) is 3.26. The molecule has 0 bridgehead atoms. The van der Waals surface area contributed by atoms with E-state index in [1.54, 1.807) is 0 Å². The standard InChI is InChI=1S/C27H18N3Te/c1-7-19-10-4-16-28-25(19)22(13-1)31(23-14-2-8-20-11-5-17-29-26(20)23)24-15-3-9-21-12-6-18-30-27(21)24/h1-18H/q+1. The summed E-state index contributed by atoms with van der Waals surface area (Å²) in [5.74, 6) is 0. The first-order valence-corrected chi connectivity index (χ1v) is 13.7. The van der Waals surface area contributed by atoms with Gasteiger partial charge in [-0.15, -0.1) is 0 Å². The third-order valence-corrected chi connectivity index (χ3v) is 12.0. The van der Waals surface area contributed by atoms with Crippen LogP contribution in [0, 0.1) is 0 Å². The van der Waals surface area contributed by atoms with Crippen molar-refractivity contribution in [3.8, 4) is 0 Å². The number of hydrogen-bond acceptors (Lipinski definition) is 3. The van der Waals surface area contributed by atoms with Crippen molar-refractivity contribution in [3.63, 3.8) is 0 Å². The second-order valence-corrected chi connectivity index (χ2v) is 12.8. The van der Waals surface area contributed by atoms with E-state index in [0.29, 0.717) is 0 Å². The van der Waals surface area contributed by atoms with Crippen LogP contribution in [0.4, 0.5) is 0 Å². The van der Waals surface area contributed by atoms with Gasteiger partial charge in [0, 0.05) is 0 Å². The number of para-hydroxylation sites is 3. The van der Waals surface area contributed by atoms with Crippen molar-refractivity contribution in [3.05, 3.63) is 110 Å². The molecule has 6 aromatic rings.